The van der Waals surface area contributed by atoms with E-state index in [4.69, 9.17) is 5.73 Å². The molecule has 6 heteroatoms. The van der Waals surface area contributed by atoms with Crippen molar-refractivity contribution in [2.75, 3.05) is 25.0 Å². The summed E-state index contributed by atoms with van der Waals surface area (Å²) in [5, 5.41) is 2.83. The van der Waals surface area contributed by atoms with Gasteiger partial charge in [0.05, 0.1) is 19.0 Å². The van der Waals surface area contributed by atoms with Crippen LogP contribution in [0.4, 0.5) is 5.69 Å². The molecule has 29 heavy (non-hydrogen) atoms. The lowest BCUT2D eigenvalue weighted by Gasteiger charge is -2.25. The topological polar surface area (TPSA) is 92.5 Å². The van der Waals surface area contributed by atoms with Crippen LogP contribution in [0.1, 0.15) is 47.7 Å². The molecule has 0 bridgehead atoms. The van der Waals surface area contributed by atoms with Crippen LogP contribution in [0.15, 0.2) is 48.5 Å². The van der Waals surface area contributed by atoms with Crippen molar-refractivity contribution in [2.45, 2.75) is 33.1 Å². The molecule has 0 heterocycles. The third-order valence-corrected chi connectivity index (χ3v) is 4.83. The molecule has 0 aromatic heterocycles. The zero-order valence-electron chi connectivity index (χ0n) is 17.3. The van der Waals surface area contributed by atoms with E-state index in [-0.39, 0.29) is 36.6 Å². The molecule has 2 aromatic rings. The minimum Gasteiger partial charge on any atom is -0.333 e. The Morgan fingerprint density at radius 3 is 2.41 bits per heavy atom. The summed E-state index contributed by atoms with van der Waals surface area (Å²) in [4.78, 5) is 39.0. The van der Waals surface area contributed by atoms with Crippen LogP contribution in [0.25, 0.3) is 0 Å². The Balaban J connectivity index is 2.12. The average Bonchev–Trinajstić information content (AvgIpc) is 2.74. The highest BCUT2D eigenvalue weighted by Gasteiger charge is 2.23. The lowest BCUT2D eigenvalue weighted by Crippen LogP contribution is -2.40. The first kappa shape index (κ1) is 22.3. The molecule has 1 atom stereocenters. The van der Waals surface area contributed by atoms with E-state index in [1.54, 1.807) is 23.1 Å². The van der Waals surface area contributed by atoms with Gasteiger partial charge < -0.3 is 16.0 Å². The van der Waals surface area contributed by atoms with Crippen LogP contribution in [0.3, 0.4) is 0 Å². The number of anilines is 1. The predicted octanol–water partition coefficient (Wildman–Crippen LogP) is 3.12. The number of carbonyl (C=O) groups excluding carboxylic acids is 3. The number of nitrogens with one attached hydrogen (secondary N) is 1. The number of benzene rings is 2. The number of hydrogen-bond acceptors (Lipinski definition) is 4. The zero-order valence-corrected chi connectivity index (χ0v) is 17.3. The van der Waals surface area contributed by atoms with E-state index in [1.807, 2.05) is 51.1 Å². The molecule has 0 aliphatic heterocycles. The Morgan fingerprint density at radius 2 is 1.79 bits per heavy atom. The number of aryl methyl sites for hydroxylation is 1. The van der Waals surface area contributed by atoms with Gasteiger partial charge in [-0.15, -0.1) is 0 Å². The average molecular weight is 396 g/mol. The van der Waals surface area contributed by atoms with E-state index < -0.39 is 0 Å². The van der Waals surface area contributed by atoms with Crippen molar-refractivity contribution in [3.8, 4) is 0 Å². The second kappa shape index (κ2) is 10.5. The van der Waals surface area contributed by atoms with E-state index >= 15 is 0 Å². The minimum atomic E-state index is -0.331. The standard InChI is InChI=1S/C23H29N3O3/c1-4-12-26(23(29)17(3)18-8-6-5-7-9-18)15-22(28)25-20-13-19(21(27)14-24)11-10-16(20)2/h5-11,13,17H,4,12,14-15,24H2,1-3H3,(H,25,28)/t17-/m1/s1. The highest BCUT2D eigenvalue weighted by atomic mass is 16.2. The van der Waals surface area contributed by atoms with Gasteiger partial charge in [0.1, 0.15) is 0 Å². The summed E-state index contributed by atoms with van der Waals surface area (Å²) < 4.78 is 0. The summed E-state index contributed by atoms with van der Waals surface area (Å²) in [6.45, 7) is 6.03. The Morgan fingerprint density at radius 1 is 1.10 bits per heavy atom. The summed E-state index contributed by atoms with van der Waals surface area (Å²) in [6, 6.07) is 14.6. The molecule has 154 valence electrons. The smallest absolute Gasteiger partial charge is 0.244 e. The Labute approximate surface area is 172 Å². The molecule has 2 amide bonds. The summed E-state index contributed by atoms with van der Waals surface area (Å²) in [5.74, 6) is -0.910. The zero-order chi connectivity index (χ0) is 21.4. The molecule has 2 aromatic carbocycles. The van der Waals surface area contributed by atoms with Crippen molar-refractivity contribution in [1.82, 2.24) is 4.90 Å². The van der Waals surface area contributed by atoms with Gasteiger partial charge in [0.15, 0.2) is 5.78 Å². The molecular weight excluding hydrogens is 366 g/mol. The molecule has 0 unspecified atom stereocenters. The molecule has 0 aliphatic rings. The van der Waals surface area contributed by atoms with Crippen molar-refractivity contribution in [1.29, 1.82) is 0 Å². The fraction of sp³-hybridized carbons (Fsp3) is 0.348. The number of Topliss-reactive ketones (excluding diaryl/α,β-unsaturated/α-hetero) is 1. The van der Waals surface area contributed by atoms with Crippen LogP contribution in [0.2, 0.25) is 0 Å². The van der Waals surface area contributed by atoms with Crippen LogP contribution in [0, 0.1) is 6.92 Å². The van der Waals surface area contributed by atoms with Crippen LogP contribution in [-0.4, -0.2) is 42.1 Å². The van der Waals surface area contributed by atoms with E-state index in [2.05, 4.69) is 5.32 Å². The van der Waals surface area contributed by atoms with Gasteiger partial charge in [-0.25, -0.2) is 0 Å². The second-order valence-electron chi connectivity index (χ2n) is 7.10. The third kappa shape index (κ3) is 5.99. The lowest BCUT2D eigenvalue weighted by atomic mass is 9.99. The number of rotatable bonds is 9. The van der Waals surface area contributed by atoms with E-state index in [0.29, 0.717) is 17.8 Å². The van der Waals surface area contributed by atoms with Gasteiger partial charge in [0.25, 0.3) is 0 Å². The maximum atomic E-state index is 13.0. The van der Waals surface area contributed by atoms with Gasteiger partial charge in [-0.1, -0.05) is 49.4 Å². The maximum absolute atomic E-state index is 13.0. The van der Waals surface area contributed by atoms with Gasteiger partial charge in [-0.05, 0) is 37.5 Å². The fourth-order valence-electron chi connectivity index (χ4n) is 3.11. The molecule has 0 fully saturated rings. The van der Waals surface area contributed by atoms with Crippen molar-refractivity contribution in [3.63, 3.8) is 0 Å². The third-order valence-electron chi connectivity index (χ3n) is 4.83. The summed E-state index contributed by atoms with van der Waals surface area (Å²) in [5.41, 5.74) is 8.17. The first-order chi connectivity index (χ1) is 13.9. The normalized spacial score (nSPS) is 11.6. The lowest BCUT2D eigenvalue weighted by molar-refractivity contribution is -0.135. The van der Waals surface area contributed by atoms with Crippen molar-refractivity contribution in [3.05, 3.63) is 65.2 Å². The summed E-state index contributed by atoms with van der Waals surface area (Å²) in [6.07, 6.45) is 0.750. The number of nitrogens with two attached hydrogens (primary N) is 1. The van der Waals surface area contributed by atoms with Crippen LogP contribution < -0.4 is 11.1 Å². The first-order valence-corrected chi connectivity index (χ1v) is 9.84. The predicted molar refractivity (Wildman–Crippen MR) is 115 cm³/mol. The van der Waals surface area contributed by atoms with Crippen LogP contribution in [-0.2, 0) is 9.59 Å². The van der Waals surface area contributed by atoms with Gasteiger partial charge in [-0.3, -0.25) is 14.4 Å². The number of amides is 2. The highest BCUT2D eigenvalue weighted by Crippen LogP contribution is 2.19. The molecule has 0 saturated heterocycles. The second-order valence-corrected chi connectivity index (χ2v) is 7.10. The van der Waals surface area contributed by atoms with Gasteiger partial charge in [-0.2, -0.15) is 0 Å². The number of hydrogen-bond donors (Lipinski definition) is 2. The largest absolute Gasteiger partial charge is 0.333 e. The van der Waals surface area contributed by atoms with Gasteiger partial charge >= 0.3 is 0 Å². The summed E-state index contributed by atoms with van der Waals surface area (Å²) >= 11 is 0. The molecule has 0 aliphatic carbocycles. The molecule has 6 nitrogen and oxygen atoms in total. The molecule has 0 spiro atoms. The van der Waals surface area contributed by atoms with Gasteiger partial charge in [0, 0.05) is 17.8 Å². The highest BCUT2D eigenvalue weighted by molar-refractivity contribution is 6.00. The van der Waals surface area contributed by atoms with Crippen molar-refractivity contribution < 1.29 is 14.4 Å². The number of carbonyl (C=O) groups is 3. The van der Waals surface area contributed by atoms with E-state index in [1.165, 1.54) is 0 Å². The van der Waals surface area contributed by atoms with Gasteiger partial charge in [0.2, 0.25) is 11.8 Å². The van der Waals surface area contributed by atoms with E-state index in [9.17, 15) is 14.4 Å². The molecule has 0 radical (unpaired) electrons. The quantitative estimate of drug-likeness (QED) is 0.638. The van der Waals surface area contributed by atoms with Crippen LogP contribution in [0.5, 0.6) is 0 Å². The molecular formula is C23H29N3O3. The number of ketones is 1. The molecule has 3 N–H and O–H groups in total. The van der Waals surface area contributed by atoms with Crippen LogP contribution >= 0.6 is 0 Å². The maximum Gasteiger partial charge on any atom is 0.244 e. The SMILES string of the molecule is CCCN(CC(=O)Nc1cc(C(=O)CN)ccc1C)C(=O)[C@H](C)c1ccccc1. The molecule has 2 rings (SSSR count). The first-order valence-electron chi connectivity index (χ1n) is 9.84. The summed E-state index contributed by atoms with van der Waals surface area (Å²) in [7, 11) is 0. The monoisotopic (exact) mass is 395 g/mol. The number of nitrogens with zero attached hydrogens (tertiary/aromatic N) is 1. The Kier molecular flexibility index (Phi) is 8.09. The fourth-order valence-corrected chi connectivity index (χ4v) is 3.11. The Bertz CT molecular complexity index is 865. The Hall–Kier alpha value is -2.99. The minimum absolute atomic E-state index is 0.0433. The van der Waals surface area contributed by atoms with E-state index in [0.717, 1.165) is 17.5 Å². The molecule has 0 saturated carbocycles. The van der Waals surface area contributed by atoms with Crippen molar-refractivity contribution in [2.24, 2.45) is 5.73 Å². The van der Waals surface area contributed by atoms with Crippen molar-refractivity contribution >= 4 is 23.3 Å².